The van der Waals surface area contributed by atoms with Gasteiger partial charge in [0.25, 0.3) is 5.91 Å². The largest absolute Gasteiger partial charge is 0.385 e. The number of likely N-dealkylation sites (tertiary alicyclic amines) is 1. The van der Waals surface area contributed by atoms with E-state index in [4.69, 9.17) is 4.74 Å². The molecule has 1 saturated heterocycles. The second kappa shape index (κ2) is 8.30. The number of carbonyl (C=O) groups is 1. The predicted molar refractivity (Wildman–Crippen MR) is 98.4 cm³/mol. The van der Waals surface area contributed by atoms with E-state index < -0.39 is 0 Å². The summed E-state index contributed by atoms with van der Waals surface area (Å²) in [5.74, 6) is 1.06. The first-order chi connectivity index (χ1) is 12.2. The molecule has 0 saturated carbocycles. The molecule has 1 unspecified atom stereocenters. The topological polar surface area (TPSA) is 47.4 Å². The van der Waals surface area contributed by atoms with Gasteiger partial charge in [-0.25, -0.2) is 4.98 Å². The molecule has 3 rings (SSSR count). The average Bonchev–Trinajstić information content (AvgIpc) is 3.08. The van der Waals surface area contributed by atoms with Crippen molar-refractivity contribution in [3.05, 3.63) is 42.2 Å². The molecule has 1 amide bonds. The van der Waals surface area contributed by atoms with Crippen molar-refractivity contribution in [2.45, 2.75) is 38.1 Å². The Kier molecular flexibility index (Phi) is 5.87. The zero-order valence-electron chi connectivity index (χ0n) is 15.1. The van der Waals surface area contributed by atoms with Gasteiger partial charge in [0.2, 0.25) is 0 Å². The maximum atomic E-state index is 13.0. The number of nitrogens with zero attached hydrogens (tertiary/aromatic N) is 3. The third-order valence-corrected chi connectivity index (χ3v) is 4.99. The Morgan fingerprint density at radius 1 is 1.28 bits per heavy atom. The van der Waals surface area contributed by atoms with Gasteiger partial charge in [0, 0.05) is 56.9 Å². The SMILES string of the molecule is COCCCC1CCCCN1C(=O)c1ccc(-c2nccn2C)cc1. The van der Waals surface area contributed by atoms with E-state index in [2.05, 4.69) is 9.88 Å². The minimum atomic E-state index is 0.147. The molecule has 5 nitrogen and oxygen atoms in total. The van der Waals surface area contributed by atoms with Crippen LogP contribution >= 0.6 is 0 Å². The molecule has 0 bridgehead atoms. The lowest BCUT2D eigenvalue weighted by atomic mass is 9.97. The van der Waals surface area contributed by atoms with Crippen LogP contribution in [0.25, 0.3) is 11.4 Å². The molecule has 0 radical (unpaired) electrons. The summed E-state index contributed by atoms with van der Waals surface area (Å²) < 4.78 is 7.14. The van der Waals surface area contributed by atoms with E-state index in [1.54, 1.807) is 13.3 Å². The Labute approximate surface area is 149 Å². The van der Waals surface area contributed by atoms with Gasteiger partial charge in [0.15, 0.2) is 0 Å². The summed E-state index contributed by atoms with van der Waals surface area (Å²) in [7, 11) is 3.70. The standard InChI is InChI=1S/C20H27N3O2/c1-22-14-12-21-19(22)16-8-10-17(11-9-16)20(24)23-13-4-3-6-18(23)7-5-15-25-2/h8-12,14,18H,3-7,13,15H2,1-2H3. The number of benzene rings is 1. The Balaban J connectivity index is 1.71. The van der Waals surface area contributed by atoms with E-state index in [1.807, 2.05) is 42.1 Å². The smallest absolute Gasteiger partial charge is 0.254 e. The molecule has 0 N–H and O–H groups in total. The lowest BCUT2D eigenvalue weighted by molar-refractivity contribution is 0.0585. The van der Waals surface area contributed by atoms with Crippen LogP contribution < -0.4 is 0 Å². The highest BCUT2D eigenvalue weighted by Gasteiger charge is 2.27. The molecule has 1 fully saturated rings. The van der Waals surface area contributed by atoms with Gasteiger partial charge in [-0.15, -0.1) is 0 Å². The number of hydrogen-bond acceptors (Lipinski definition) is 3. The Bertz CT molecular complexity index is 693. The van der Waals surface area contributed by atoms with Gasteiger partial charge in [-0.1, -0.05) is 12.1 Å². The van der Waals surface area contributed by atoms with Gasteiger partial charge in [-0.05, 0) is 44.2 Å². The molecule has 1 atom stereocenters. The van der Waals surface area contributed by atoms with Crippen LogP contribution in [0.1, 0.15) is 42.5 Å². The van der Waals surface area contributed by atoms with Crippen LogP contribution in [-0.2, 0) is 11.8 Å². The molecule has 134 valence electrons. The minimum Gasteiger partial charge on any atom is -0.385 e. The number of rotatable bonds is 6. The fourth-order valence-electron chi connectivity index (χ4n) is 3.60. The zero-order chi connectivity index (χ0) is 17.6. The fraction of sp³-hybridized carbons (Fsp3) is 0.500. The van der Waals surface area contributed by atoms with Gasteiger partial charge < -0.3 is 14.2 Å². The maximum absolute atomic E-state index is 13.0. The van der Waals surface area contributed by atoms with Crippen LogP contribution in [0.2, 0.25) is 0 Å². The monoisotopic (exact) mass is 341 g/mol. The molecule has 0 aliphatic carbocycles. The first kappa shape index (κ1) is 17.7. The fourth-order valence-corrected chi connectivity index (χ4v) is 3.60. The number of aryl methyl sites for hydroxylation is 1. The molecule has 1 aliphatic rings. The normalized spacial score (nSPS) is 17.7. The molecular weight excluding hydrogens is 314 g/mol. The second-order valence-corrected chi connectivity index (χ2v) is 6.72. The van der Waals surface area contributed by atoms with Gasteiger partial charge in [0.1, 0.15) is 5.82 Å². The van der Waals surface area contributed by atoms with E-state index in [0.717, 1.165) is 55.8 Å². The van der Waals surface area contributed by atoms with E-state index >= 15 is 0 Å². The number of aromatic nitrogens is 2. The number of carbonyl (C=O) groups excluding carboxylic acids is 1. The lowest BCUT2D eigenvalue weighted by Crippen LogP contribution is -2.43. The number of ether oxygens (including phenoxy) is 1. The van der Waals surface area contributed by atoms with Crippen LogP contribution in [0.4, 0.5) is 0 Å². The van der Waals surface area contributed by atoms with Gasteiger partial charge >= 0.3 is 0 Å². The van der Waals surface area contributed by atoms with Gasteiger partial charge in [0.05, 0.1) is 0 Å². The van der Waals surface area contributed by atoms with Gasteiger partial charge in [-0.3, -0.25) is 4.79 Å². The van der Waals surface area contributed by atoms with E-state index in [1.165, 1.54) is 6.42 Å². The number of amides is 1. The molecular formula is C20H27N3O2. The van der Waals surface area contributed by atoms with Crippen LogP contribution in [-0.4, -0.2) is 46.7 Å². The van der Waals surface area contributed by atoms with Crippen molar-refractivity contribution in [2.24, 2.45) is 7.05 Å². The molecule has 2 heterocycles. The van der Waals surface area contributed by atoms with Crippen LogP contribution in [0, 0.1) is 0 Å². The van der Waals surface area contributed by atoms with Crippen molar-refractivity contribution in [3.8, 4) is 11.4 Å². The highest BCUT2D eigenvalue weighted by atomic mass is 16.5. The Morgan fingerprint density at radius 3 is 2.76 bits per heavy atom. The second-order valence-electron chi connectivity index (χ2n) is 6.72. The third kappa shape index (κ3) is 4.10. The van der Waals surface area contributed by atoms with Crippen molar-refractivity contribution >= 4 is 5.91 Å². The summed E-state index contributed by atoms with van der Waals surface area (Å²) in [4.78, 5) is 19.4. The van der Waals surface area contributed by atoms with Crippen molar-refractivity contribution in [2.75, 3.05) is 20.3 Å². The summed E-state index contributed by atoms with van der Waals surface area (Å²) >= 11 is 0. The maximum Gasteiger partial charge on any atom is 0.254 e. The highest BCUT2D eigenvalue weighted by molar-refractivity contribution is 5.95. The molecule has 1 aromatic carbocycles. The first-order valence-electron chi connectivity index (χ1n) is 9.08. The summed E-state index contributed by atoms with van der Waals surface area (Å²) in [6.45, 7) is 1.62. The van der Waals surface area contributed by atoms with Gasteiger partial charge in [-0.2, -0.15) is 0 Å². The molecule has 5 heteroatoms. The summed E-state index contributed by atoms with van der Waals surface area (Å²) in [5.41, 5.74) is 1.79. The van der Waals surface area contributed by atoms with E-state index in [9.17, 15) is 4.79 Å². The predicted octanol–water partition coefficient (Wildman–Crippen LogP) is 3.51. The van der Waals surface area contributed by atoms with Crippen molar-refractivity contribution < 1.29 is 9.53 Å². The Hall–Kier alpha value is -2.14. The molecule has 2 aromatic rings. The van der Waals surface area contributed by atoms with Crippen LogP contribution in [0.3, 0.4) is 0 Å². The average molecular weight is 341 g/mol. The van der Waals surface area contributed by atoms with E-state index in [-0.39, 0.29) is 5.91 Å². The molecule has 1 aromatic heterocycles. The summed E-state index contributed by atoms with van der Waals surface area (Å²) in [6.07, 6.45) is 9.13. The number of piperidine rings is 1. The lowest BCUT2D eigenvalue weighted by Gasteiger charge is -2.36. The molecule has 0 spiro atoms. The quantitative estimate of drug-likeness (QED) is 0.756. The highest BCUT2D eigenvalue weighted by Crippen LogP contribution is 2.24. The Morgan fingerprint density at radius 2 is 2.08 bits per heavy atom. The van der Waals surface area contributed by atoms with Crippen molar-refractivity contribution in [1.82, 2.24) is 14.5 Å². The van der Waals surface area contributed by atoms with Crippen molar-refractivity contribution in [3.63, 3.8) is 0 Å². The number of methoxy groups -OCH3 is 1. The third-order valence-electron chi connectivity index (χ3n) is 4.99. The zero-order valence-corrected chi connectivity index (χ0v) is 15.1. The first-order valence-corrected chi connectivity index (χ1v) is 9.08. The van der Waals surface area contributed by atoms with Crippen molar-refractivity contribution in [1.29, 1.82) is 0 Å². The summed E-state index contributed by atoms with van der Waals surface area (Å²) in [5, 5.41) is 0. The minimum absolute atomic E-state index is 0.147. The number of hydrogen-bond donors (Lipinski definition) is 0. The summed E-state index contributed by atoms with van der Waals surface area (Å²) in [6, 6.07) is 8.16. The van der Waals surface area contributed by atoms with Crippen LogP contribution in [0.15, 0.2) is 36.7 Å². The van der Waals surface area contributed by atoms with Crippen LogP contribution in [0.5, 0.6) is 0 Å². The molecule has 25 heavy (non-hydrogen) atoms. The molecule has 1 aliphatic heterocycles. The number of imidazole rings is 1. The van der Waals surface area contributed by atoms with E-state index in [0.29, 0.717) is 6.04 Å².